The molecule has 5 nitrogen and oxygen atoms in total. The second-order valence-corrected chi connectivity index (χ2v) is 6.13. The van der Waals surface area contributed by atoms with Crippen molar-refractivity contribution in [3.63, 3.8) is 0 Å². The number of fused-ring (bicyclic) bond motifs is 1. The van der Waals surface area contributed by atoms with E-state index in [-0.39, 0.29) is 12.0 Å². The average molecular weight is 278 g/mol. The Labute approximate surface area is 116 Å². The quantitative estimate of drug-likeness (QED) is 0.914. The molecule has 0 aliphatic heterocycles. The van der Waals surface area contributed by atoms with Crippen molar-refractivity contribution in [2.75, 3.05) is 0 Å². The Kier molecular flexibility index (Phi) is 3.25. The van der Waals surface area contributed by atoms with Crippen LogP contribution in [0.25, 0.3) is 11.0 Å². The van der Waals surface area contributed by atoms with Crippen molar-refractivity contribution in [2.24, 2.45) is 11.1 Å². The van der Waals surface area contributed by atoms with E-state index in [2.05, 4.69) is 16.3 Å². The van der Waals surface area contributed by atoms with Gasteiger partial charge in [-0.1, -0.05) is 32.4 Å². The molecule has 19 heavy (non-hydrogen) atoms. The van der Waals surface area contributed by atoms with Crippen LogP contribution in [-0.2, 0) is 6.54 Å². The van der Waals surface area contributed by atoms with Crippen molar-refractivity contribution in [1.29, 1.82) is 5.26 Å². The van der Waals surface area contributed by atoms with Gasteiger partial charge in [-0.05, 0) is 23.6 Å². The predicted molar refractivity (Wildman–Crippen MR) is 74.5 cm³/mol. The SMILES string of the molecule is CC(C)(C)C(N)(C#N)Cn1nc2ccc(Cl)cc2n1. The van der Waals surface area contributed by atoms with Crippen molar-refractivity contribution < 1.29 is 0 Å². The van der Waals surface area contributed by atoms with Gasteiger partial charge in [0, 0.05) is 5.02 Å². The minimum Gasteiger partial charge on any atom is -0.311 e. The van der Waals surface area contributed by atoms with Gasteiger partial charge >= 0.3 is 0 Å². The van der Waals surface area contributed by atoms with E-state index in [1.54, 1.807) is 18.2 Å². The molecule has 0 spiro atoms. The molecule has 0 saturated heterocycles. The molecule has 2 N–H and O–H groups in total. The summed E-state index contributed by atoms with van der Waals surface area (Å²) in [6.07, 6.45) is 0. The Balaban J connectivity index is 2.39. The number of halogens is 1. The maximum absolute atomic E-state index is 9.34. The zero-order chi connectivity index (χ0) is 14.3. The minimum absolute atomic E-state index is 0.235. The Morgan fingerprint density at radius 3 is 2.53 bits per heavy atom. The number of hydrogen-bond acceptors (Lipinski definition) is 4. The molecule has 1 unspecified atom stereocenters. The van der Waals surface area contributed by atoms with E-state index in [0.29, 0.717) is 10.5 Å². The highest BCUT2D eigenvalue weighted by molar-refractivity contribution is 6.31. The number of benzene rings is 1. The molecule has 2 aromatic rings. The van der Waals surface area contributed by atoms with Gasteiger partial charge < -0.3 is 5.73 Å². The molecule has 0 bridgehead atoms. The fraction of sp³-hybridized carbons (Fsp3) is 0.462. The van der Waals surface area contributed by atoms with Crippen molar-refractivity contribution in [3.8, 4) is 6.07 Å². The first-order valence-electron chi connectivity index (χ1n) is 5.96. The second-order valence-electron chi connectivity index (χ2n) is 5.70. The fourth-order valence-electron chi connectivity index (χ4n) is 1.67. The summed E-state index contributed by atoms with van der Waals surface area (Å²) < 4.78 is 0. The third kappa shape index (κ3) is 2.55. The standard InChI is InChI=1S/C13H16ClN5/c1-12(2,3)13(16,7-15)8-19-17-10-5-4-9(14)6-11(10)18-19/h4-6H,8,16H2,1-3H3. The molecule has 1 heterocycles. The van der Waals surface area contributed by atoms with Gasteiger partial charge in [0.25, 0.3) is 0 Å². The maximum Gasteiger partial charge on any atom is 0.130 e. The molecule has 0 amide bonds. The lowest BCUT2D eigenvalue weighted by molar-refractivity contribution is 0.207. The summed E-state index contributed by atoms with van der Waals surface area (Å²) in [7, 11) is 0. The average Bonchev–Trinajstić information content (AvgIpc) is 2.68. The van der Waals surface area contributed by atoms with Crippen molar-refractivity contribution in [1.82, 2.24) is 15.0 Å². The third-order valence-corrected chi connectivity index (χ3v) is 3.55. The van der Waals surface area contributed by atoms with Gasteiger partial charge in [0.1, 0.15) is 16.6 Å². The van der Waals surface area contributed by atoms with E-state index < -0.39 is 5.54 Å². The molecule has 0 radical (unpaired) electrons. The summed E-state index contributed by atoms with van der Waals surface area (Å²) in [5.74, 6) is 0. The van der Waals surface area contributed by atoms with Crippen molar-refractivity contribution in [2.45, 2.75) is 32.9 Å². The molecule has 100 valence electrons. The van der Waals surface area contributed by atoms with Crippen LogP contribution in [0.5, 0.6) is 0 Å². The highest BCUT2D eigenvalue weighted by Crippen LogP contribution is 2.29. The summed E-state index contributed by atoms with van der Waals surface area (Å²) in [6.45, 7) is 6.02. The van der Waals surface area contributed by atoms with Gasteiger partial charge in [0.05, 0.1) is 12.6 Å². The molecule has 1 atom stereocenters. The van der Waals surface area contributed by atoms with Crippen molar-refractivity contribution >= 4 is 22.6 Å². The van der Waals surface area contributed by atoms with Crippen LogP contribution in [-0.4, -0.2) is 20.5 Å². The number of nitrogens with two attached hydrogens (primary N) is 1. The first-order valence-corrected chi connectivity index (χ1v) is 6.33. The monoisotopic (exact) mass is 277 g/mol. The van der Waals surface area contributed by atoms with E-state index in [1.165, 1.54) is 4.80 Å². The van der Waals surface area contributed by atoms with Gasteiger partial charge in [0.2, 0.25) is 0 Å². The first kappa shape index (κ1) is 13.8. The van der Waals surface area contributed by atoms with Gasteiger partial charge in [-0.2, -0.15) is 20.3 Å². The molecule has 2 rings (SSSR count). The zero-order valence-electron chi connectivity index (χ0n) is 11.2. The minimum atomic E-state index is -1.04. The van der Waals surface area contributed by atoms with E-state index in [0.717, 1.165) is 5.52 Å². The van der Waals surface area contributed by atoms with Crippen LogP contribution < -0.4 is 5.73 Å². The van der Waals surface area contributed by atoms with E-state index in [9.17, 15) is 5.26 Å². The Morgan fingerprint density at radius 2 is 1.95 bits per heavy atom. The van der Waals surface area contributed by atoms with Gasteiger partial charge in [-0.3, -0.25) is 0 Å². The van der Waals surface area contributed by atoms with Gasteiger partial charge in [0.15, 0.2) is 0 Å². The van der Waals surface area contributed by atoms with Crippen LogP contribution >= 0.6 is 11.6 Å². The molecule has 1 aromatic heterocycles. The zero-order valence-corrected chi connectivity index (χ0v) is 11.9. The number of hydrogen-bond donors (Lipinski definition) is 1. The van der Waals surface area contributed by atoms with E-state index in [1.807, 2.05) is 20.8 Å². The highest BCUT2D eigenvalue weighted by atomic mass is 35.5. The van der Waals surface area contributed by atoms with Crippen LogP contribution in [0.2, 0.25) is 5.02 Å². The largest absolute Gasteiger partial charge is 0.311 e. The summed E-state index contributed by atoms with van der Waals surface area (Å²) in [6, 6.07) is 7.46. The Bertz CT molecular complexity index is 649. The normalized spacial score (nSPS) is 15.2. The molecular formula is C13H16ClN5. The predicted octanol–water partition coefficient (Wildman–Crippen LogP) is 2.35. The van der Waals surface area contributed by atoms with Crippen LogP contribution in [0.4, 0.5) is 0 Å². The summed E-state index contributed by atoms with van der Waals surface area (Å²) in [5.41, 5.74) is 6.19. The molecular weight excluding hydrogens is 262 g/mol. The van der Waals surface area contributed by atoms with E-state index in [4.69, 9.17) is 17.3 Å². The van der Waals surface area contributed by atoms with Crippen molar-refractivity contribution in [3.05, 3.63) is 23.2 Å². The van der Waals surface area contributed by atoms with Crippen LogP contribution in [0.3, 0.4) is 0 Å². The molecule has 6 heteroatoms. The lowest BCUT2D eigenvalue weighted by Crippen LogP contribution is -2.53. The lowest BCUT2D eigenvalue weighted by Gasteiger charge is -2.34. The third-order valence-electron chi connectivity index (χ3n) is 3.31. The first-order chi connectivity index (χ1) is 8.75. The fourth-order valence-corrected chi connectivity index (χ4v) is 1.83. The van der Waals surface area contributed by atoms with Gasteiger partial charge in [-0.25, -0.2) is 0 Å². The Morgan fingerprint density at radius 1 is 1.32 bits per heavy atom. The van der Waals surface area contributed by atoms with Crippen LogP contribution in [0, 0.1) is 16.7 Å². The second kappa shape index (κ2) is 4.48. The smallest absolute Gasteiger partial charge is 0.130 e. The van der Waals surface area contributed by atoms with E-state index >= 15 is 0 Å². The molecule has 0 aliphatic carbocycles. The molecule has 1 aromatic carbocycles. The molecule has 0 aliphatic rings. The van der Waals surface area contributed by atoms with Gasteiger partial charge in [-0.15, -0.1) is 0 Å². The number of nitriles is 1. The maximum atomic E-state index is 9.34. The van der Waals surface area contributed by atoms with Crippen LogP contribution in [0.1, 0.15) is 20.8 Å². The summed E-state index contributed by atoms with van der Waals surface area (Å²) in [4.78, 5) is 1.47. The number of nitrogens with zero attached hydrogens (tertiary/aromatic N) is 4. The number of aromatic nitrogens is 3. The highest BCUT2D eigenvalue weighted by Gasteiger charge is 2.39. The summed E-state index contributed by atoms with van der Waals surface area (Å²) >= 11 is 5.91. The Hall–Kier alpha value is -1.64. The lowest BCUT2D eigenvalue weighted by atomic mass is 9.75. The summed E-state index contributed by atoms with van der Waals surface area (Å²) in [5, 5.41) is 18.6. The van der Waals surface area contributed by atoms with Crippen LogP contribution in [0.15, 0.2) is 18.2 Å². The number of rotatable bonds is 2. The topological polar surface area (TPSA) is 80.5 Å². The molecule has 0 saturated carbocycles. The molecule has 0 fully saturated rings.